The van der Waals surface area contributed by atoms with Crippen LogP contribution in [-0.4, -0.2) is 34.8 Å². The van der Waals surface area contributed by atoms with Crippen molar-refractivity contribution in [2.24, 2.45) is 0 Å². The Kier molecular flexibility index (Phi) is 4.78. The smallest absolute Gasteiger partial charge is 0.242 e. The van der Waals surface area contributed by atoms with Crippen LogP contribution in [0.15, 0.2) is 6.33 Å². The van der Waals surface area contributed by atoms with E-state index in [4.69, 9.17) is 15.6 Å². The number of nitrogens with one attached hydrogen (secondary N) is 1. The fraction of sp³-hybridized carbons (Fsp3) is 0.600. The number of nitrogen functional groups attached to an aromatic ring is 1. The zero-order valence-electron chi connectivity index (χ0n) is 9.60. The molecule has 0 aliphatic heterocycles. The van der Waals surface area contributed by atoms with Crippen molar-refractivity contribution in [1.82, 2.24) is 9.97 Å². The second-order valence-electron chi connectivity index (χ2n) is 3.56. The number of hydrogen-bond acceptors (Lipinski definition) is 6. The molecule has 1 unspecified atom stereocenters. The number of methoxy groups -OCH3 is 1. The molecule has 0 radical (unpaired) electrons. The summed E-state index contributed by atoms with van der Waals surface area (Å²) in [6.07, 6.45) is 2.99. The monoisotopic (exact) mass is 226 g/mol. The molecule has 0 amide bonds. The minimum Gasteiger partial charge on any atom is -0.479 e. The van der Waals surface area contributed by atoms with Crippen molar-refractivity contribution < 1.29 is 9.84 Å². The van der Waals surface area contributed by atoms with Crippen molar-refractivity contribution in [2.45, 2.75) is 25.8 Å². The van der Waals surface area contributed by atoms with Gasteiger partial charge in [0.1, 0.15) is 12.0 Å². The van der Waals surface area contributed by atoms with E-state index in [0.29, 0.717) is 17.4 Å². The van der Waals surface area contributed by atoms with Crippen molar-refractivity contribution in [3.8, 4) is 5.88 Å². The Hall–Kier alpha value is -1.56. The lowest BCUT2D eigenvalue weighted by molar-refractivity contribution is 0.282. The van der Waals surface area contributed by atoms with Crippen LogP contribution >= 0.6 is 0 Å². The molecule has 90 valence electrons. The third kappa shape index (κ3) is 3.23. The molecule has 0 spiro atoms. The molecule has 16 heavy (non-hydrogen) atoms. The van der Waals surface area contributed by atoms with Gasteiger partial charge in [-0.3, -0.25) is 0 Å². The topological polar surface area (TPSA) is 93.3 Å². The first-order valence-electron chi connectivity index (χ1n) is 5.21. The average Bonchev–Trinajstić information content (AvgIpc) is 2.29. The van der Waals surface area contributed by atoms with Gasteiger partial charge in [-0.15, -0.1) is 0 Å². The van der Waals surface area contributed by atoms with Gasteiger partial charge in [0.2, 0.25) is 5.88 Å². The third-order valence-electron chi connectivity index (χ3n) is 2.22. The highest BCUT2D eigenvalue weighted by molar-refractivity contribution is 5.66. The highest BCUT2D eigenvalue weighted by atomic mass is 16.5. The molecule has 1 aromatic heterocycles. The lowest BCUT2D eigenvalue weighted by atomic mass is 10.2. The van der Waals surface area contributed by atoms with Crippen LogP contribution in [0.1, 0.15) is 19.8 Å². The summed E-state index contributed by atoms with van der Waals surface area (Å²) in [7, 11) is 1.51. The number of aliphatic hydroxyl groups is 1. The van der Waals surface area contributed by atoms with Crippen molar-refractivity contribution in [3.05, 3.63) is 6.33 Å². The van der Waals surface area contributed by atoms with Crippen molar-refractivity contribution >= 4 is 11.5 Å². The quantitative estimate of drug-likeness (QED) is 0.659. The molecule has 0 aliphatic carbocycles. The standard InChI is InChI=1S/C10H18N4O2/c1-7(4-3-5-15)14-9-8(11)10(16-2)13-6-12-9/h6-7,15H,3-5,11H2,1-2H3,(H,12,13,14). The SMILES string of the molecule is COc1ncnc(NC(C)CCCO)c1N. The Morgan fingerprint density at radius 2 is 2.31 bits per heavy atom. The highest BCUT2D eigenvalue weighted by Crippen LogP contribution is 2.24. The van der Waals surface area contributed by atoms with E-state index in [1.807, 2.05) is 6.92 Å². The first kappa shape index (κ1) is 12.5. The van der Waals surface area contributed by atoms with Crippen LogP contribution in [0, 0.1) is 0 Å². The van der Waals surface area contributed by atoms with Crippen LogP contribution in [0.2, 0.25) is 0 Å². The van der Waals surface area contributed by atoms with Crippen LogP contribution in [0.3, 0.4) is 0 Å². The fourth-order valence-electron chi connectivity index (χ4n) is 1.36. The minimum atomic E-state index is 0.189. The van der Waals surface area contributed by atoms with Gasteiger partial charge < -0.3 is 20.9 Å². The summed E-state index contributed by atoms with van der Waals surface area (Å²) < 4.78 is 4.99. The van der Waals surface area contributed by atoms with Crippen molar-refractivity contribution in [1.29, 1.82) is 0 Å². The number of anilines is 2. The maximum absolute atomic E-state index is 8.72. The average molecular weight is 226 g/mol. The van der Waals surface area contributed by atoms with Crippen LogP contribution in [0.25, 0.3) is 0 Å². The second kappa shape index (κ2) is 6.12. The second-order valence-corrected chi connectivity index (χ2v) is 3.56. The van der Waals surface area contributed by atoms with E-state index < -0.39 is 0 Å². The number of hydrogen-bond donors (Lipinski definition) is 3. The van der Waals surface area contributed by atoms with Gasteiger partial charge in [-0.25, -0.2) is 4.98 Å². The summed E-state index contributed by atoms with van der Waals surface area (Å²) >= 11 is 0. The number of ether oxygens (including phenoxy) is 1. The summed E-state index contributed by atoms with van der Waals surface area (Å²) in [5, 5.41) is 11.9. The van der Waals surface area contributed by atoms with Gasteiger partial charge >= 0.3 is 0 Å². The summed E-state index contributed by atoms with van der Waals surface area (Å²) in [5.74, 6) is 0.934. The van der Waals surface area contributed by atoms with Crippen LogP contribution in [-0.2, 0) is 0 Å². The molecule has 0 saturated heterocycles. The van der Waals surface area contributed by atoms with Gasteiger partial charge in [0.25, 0.3) is 0 Å². The lowest BCUT2D eigenvalue weighted by Crippen LogP contribution is -2.18. The zero-order valence-corrected chi connectivity index (χ0v) is 9.60. The maximum Gasteiger partial charge on any atom is 0.242 e. The molecule has 0 aromatic carbocycles. The van der Waals surface area contributed by atoms with E-state index in [9.17, 15) is 0 Å². The summed E-state index contributed by atoms with van der Waals surface area (Å²) in [4.78, 5) is 7.93. The van der Waals surface area contributed by atoms with E-state index in [1.54, 1.807) is 0 Å². The minimum absolute atomic E-state index is 0.189. The molecular weight excluding hydrogens is 208 g/mol. The summed E-state index contributed by atoms with van der Waals surface area (Å²) in [5.41, 5.74) is 6.21. The molecule has 0 aliphatic rings. The summed E-state index contributed by atoms with van der Waals surface area (Å²) in [6.45, 7) is 2.19. The van der Waals surface area contributed by atoms with Gasteiger partial charge in [0.15, 0.2) is 5.82 Å². The van der Waals surface area contributed by atoms with E-state index in [-0.39, 0.29) is 12.6 Å². The Morgan fingerprint density at radius 1 is 1.56 bits per heavy atom. The van der Waals surface area contributed by atoms with E-state index in [2.05, 4.69) is 15.3 Å². The Morgan fingerprint density at radius 3 is 2.94 bits per heavy atom. The van der Waals surface area contributed by atoms with Crippen LogP contribution in [0.4, 0.5) is 11.5 Å². The van der Waals surface area contributed by atoms with Crippen LogP contribution in [0.5, 0.6) is 5.88 Å². The zero-order chi connectivity index (χ0) is 12.0. The van der Waals surface area contributed by atoms with Gasteiger partial charge in [-0.1, -0.05) is 0 Å². The first-order chi connectivity index (χ1) is 7.69. The molecule has 0 fully saturated rings. The molecule has 4 N–H and O–H groups in total. The Balaban J connectivity index is 2.66. The molecule has 6 nitrogen and oxygen atoms in total. The molecule has 0 bridgehead atoms. The predicted molar refractivity (Wildman–Crippen MR) is 62.4 cm³/mol. The molecule has 6 heteroatoms. The molecular formula is C10H18N4O2. The number of aromatic nitrogens is 2. The van der Waals surface area contributed by atoms with Gasteiger partial charge in [0, 0.05) is 12.6 Å². The number of rotatable bonds is 6. The number of aliphatic hydroxyl groups excluding tert-OH is 1. The van der Waals surface area contributed by atoms with Gasteiger partial charge in [-0.05, 0) is 19.8 Å². The number of nitrogens with zero attached hydrogens (tertiary/aromatic N) is 2. The van der Waals surface area contributed by atoms with Crippen molar-refractivity contribution in [2.75, 3.05) is 24.8 Å². The largest absolute Gasteiger partial charge is 0.479 e. The molecule has 1 rings (SSSR count). The van der Waals surface area contributed by atoms with Crippen LogP contribution < -0.4 is 15.8 Å². The van der Waals surface area contributed by atoms with Crippen molar-refractivity contribution in [3.63, 3.8) is 0 Å². The summed E-state index contributed by atoms with van der Waals surface area (Å²) in [6, 6.07) is 0.189. The lowest BCUT2D eigenvalue weighted by Gasteiger charge is -2.15. The maximum atomic E-state index is 8.72. The van der Waals surface area contributed by atoms with E-state index in [1.165, 1.54) is 13.4 Å². The van der Waals surface area contributed by atoms with E-state index in [0.717, 1.165) is 12.8 Å². The predicted octanol–water partition coefficient (Wildman–Crippen LogP) is 0.640. The first-order valence-corrected chi connectivity index (χ1v) is 5.21. The molecule has 1 atom stereocenters. The van der Waals surface area contributed by atoms with E-state index >= 15 is 0 Å². The Bertz CT molecular complexity index is 333. The third-order valence-corrected chi connectivity index (χ3v) is 2.22. The van der Waals surface area contributed by atoms with Gasteiger partial charge in [0.05, 0.1) is 7.11 Å². The number of nitrogens with two attached hydrogens (primary N) is 1. The Labute approximate surface area is 94.9 Å². The van der Waals surface area contributed by atoms with Gasteiger partial charge in [-0.2, -0.15) is 4.98 Å². The molecule has 1 heterocycles. The normalized spacial score (nSPS) is 12.2. The highest BCUT2D eigenvalue weighted by Gasteiger charge is 2.10. The molecule has 0 saturated carbocycles. The molecule has 1 aromatic rings. The fourth-order valence-corrected chi connectivity index (χ4v) is 1.36.